The lowest BCUT2D eigenvalue weighted by molar-refractivity contribution is -0.137. The number of esters is 1. The van der Waals surface area contributed by atoms with E-state index in [1.54, 1.807) is 6.08 Å². The Bertz CT molecular complexity index is 526. The van der Waals surface area contributed by atoms with Crippen molar-refractivity contribution in [3.63, 3.8) is 0 Å². The first-order valence-corrected chi connectivity index (χ1v) is 19.6. The van der Waals surface area contributed by atoms with Crippen LogP contribution >= 0.6 is 0 Å². The lowest BCUT2D eigenvalue weighted by atomic mass is 10.0. The van der Waals surface area contributed by atoms with E-state index in [4.69, 9.17) is 4.74 Å². The van der Waals surface area contributed by atoms with E-state index < -0.39 is 0 Å². The summed E-state index contributed by atoms with van der Waals surface area (Å²) in [4.78, 5) is 11.9. The second-order valence-corrected chi connectivity index (χ2v) is 13.3. The van der Waals surface area contributed by atoms with E-state index in [1.807, 2.05) is 6.08 Å². The molecular weight excluding hydrogens is 512 g/mol. The minimum absolute atomic E-state index is 0.150. The van der Waals surface area contributed by atoms with Crippen molar-refractivity contribution in [3.8, 4) is 0 Å². The Labute approximate surface area is 266 Å². The highest BCUT2D eigenvalue weighted by Crippen LogP contribution is 2.15. The third-order valence-electron chi connectivity index (χ3n) is 8.97. The average molecular weight is 591 g/mol. The topological polar surface area (TPSA) is 26.3 Å². The van der Waals surface area contributed by atoms with Crippen LogP contribution in [0.25, 0.3) is 0 Å². The molecule has 2 nitrogen and oxygen atoms in total. The summed E-state index contributed by atoms with van der Waals surface area (Å²) in [5.41, 5.74) is 0. The molecule has 0 saturated carbocycles. The number of allylic oxidation sites excluding steroid dienone is 1. The van der Waals surface area contributed by atoms with Crippen LogP contribution in [0.5, 0.6) is 0 Å². The maximum atomic E-state index is 11.9. The number of carbonyl (C=O) groups excluding carboxylic acids is 1. The maximum absolute atomic E-state index is 11.9. The quantitative estimate of drug-likeness (QED) is 0.0412. The van der Waals surface area contributed by atoms with Crippen molar-refractivity contribution in [3.05, 3.63) is 12.2 Å². The molecule has 0 atom stereocenters. The molecule has 0 fully saturated rings. The molecule has 0 heterocycles. The molecule has 0 N–H and O–H groups in total. The Kier molecular flexibility index (Phi) is 37.5. The summed E-state index contributed by atoms with van der Waals surface area (Å²) >= 11 is 0. The van der Waals surface area contributed by atoms with Gasteiger partial charge in [-0.1, -0.05) is 219 Å². The Morgan fingerprint density at radius 1 is 0.381 bits per heavy atom. The van der Waals surface area contributed by atoms with Gasteiger partial charge in [-0.25, -0.2) is 4.79 Å². The van der Waals surface area contributed by atoms with Gasteiger partial charge in [0.05, 0.1) is 6.61 Å². The number of unbranched alkanes of at least 4 members (excludes halogenated alkanes) is 32. The average Bonchev–Trinajstić information content (AvgIpc) is 3.00. The summed E-state index contributed by atoms with van der Waals surface area (Å²) in [5.74, 6) is -0.150. The molecular formula is C40H78O2. The summed E-state index contributed by atoms with van der Waals surface area (Å²) in [7, 11) is 0. The Morgan fingerprint density at radius 3 is 0.952 bits per heavy atom. The third kappa shape index (κ3) is 37.2. The van der Waals surface area contributed by atoms with Gasteiger partial charge in [0.1, 0.15) is 0 Å². The summed E-state index contributed by atoms with van der Waals surface area (Å²) < 4.78 is 5.37. The standard InChI is InChI=1S/C40H78O2/c1-3-5-7-9-11-13-15-17-19-21-23-25-27-29-31-33-35-37-39-42-40(41)38-36-34-32-30-28-26-24-22-20-18-16-14-12-10-8-6-4-2/h36,38H,3-35,37,39H2,1-2H3. The van der Waals surface area contributed by atoms with E-state index in [1.165, 1.54) is 205 Å². The predicted octanol–water partition coefficient (Wildman–Crippen LogP) is 14.4. The molecule has 0 aliphatic rings. The number of ether oxygens (including phenoxy) is 1. The van der Waals surface area contributed by atoms with Crippen LogP contribution in [0.1, 0.15) is 232 Å². The monoisotopic (exact) mass is 591 g/mol. The Balaban J connectivity index is 3.20. The fourth-order valence-electron chi connectivity index (χ4n) is 6.04. The number of hydrogen-bond donors (Lipinski definition) is 0. The molecule has 0 unspecified atom stereocenters. The van der Waals surface area contributed by atoms with Crippen LogP contribution in [0.2, 0.25) is 0 Å². The van der Waals surface area contributed by atoms with Crippen molar-refractivity contribution in [2.45, 2.75) is 232 Å². The van der Waals surface area contributed by atoms with Crippen LogP contribution < -0.4 is 0 Å². The molecule has 0 aromatic heterocycles. The smallest absolute Gasteiger partial charge is 0.330 e. The van der Waals surface area contributed by atoms with Gasteiger partial charge >= 0.3 is 5.97 Å². The van der Waals surface area contributed by atoms with E-state index >= 15 is 0 Å². The van der Waals surface area contributed by atoms with Crippen molar-refractivity contribution < 1.29 is 9.53 Å². The van der Waals surface area contributed by atoms with Crippen molar-refractivity contribution in [1.29, 1.82) is 0 Å². The second-order valence-electron chi connectivity index (χ2n) is 13.3. The van der Waals surface area contributed by atoms with Gasteiger partial charge in [-0.15, -0.1) is 0 Å². The molecule has 2 heteroatoms. The van der Waals surface area contributed by atoms with Crippen LogP contribution in [-0.4, -0.2) is 12.6 Å². The number of rotatable bonds is 36. The Hall–Kier alpha value is -0.790. The lowest BCUT2D eigenvalue weighted by Crippen LogP contribution is -2.02. The Morgan fingerprint density at radius 2 is 0.643 bits per heavy atom. The van der Waals surface area contributed by atoms with Crippen LogP contribution in [0.4, 0.5) is 0 Å². The van der Waals surface area contributed by atoms with Crippen molar-refractivity contribution in [1.82, 2.24) is 0 Å². The second kappa shape index (κ2) is 38.2. The molecule has 0 radical (unpaired) electrons. The van der Waals surface area contributed by atoms with Gasteiger partial charge < -0.3 is 4.74 Å². The summed E-state index contributed by atoms with van der Waals surface area (Å²) in [5, 5.41) is 0. The first kappa shape index (κ1) is 41.2. The zero-order valence-corrected chi connectivity index (χ0v) is 29.2. The van der Waals surface area contributed by atoms with Gasteiger partial charge in [0, 0.05) is 6.08 Å². The van der Waals surface area contributed by atoms with Crippen LogP contribution in [0, 0.1) is 0 Å². The minimum Gasteiger partial charge on any atom is -0.463 e. The number of hydrogen-bond acceptors (Lipinski definition) is 2. The molecule has 250 valence electrons. The van der Waals surface area contributed by atoms with E-state index in [2.05, 4.69) is 13.8 Å². The van der Waals surface area contributed by atoms with Gasteiger partial charge in [-0.05, 0) is 19.3 Å². The summed E-state index contributed by atoms with van der Waals surface area (Å²) in [6.45, 7) is 5.17. The highest BCUT2D eigenvalue weighted by Gasteiger charge is 1.99. The molecule has 0 aliphatic carbocycles. The SMILES string of the molecule is CCCCCCCCCCCCCCCCCC=CC(=O)OCCCCCCCCCCCCCCCCCCCC. The molecule has 0 aromatic rings. The van der Waals surface area contributed by atoms with Crippen LogP contribution in [-0.2, 0) is 9.53 Å². The molecule has 0 saturated heterocycles. The van der Waals surface area contributed by atoms with Crippen LogP contribution in [0.3, 0.4) is 0 Å². The summed E-state index contributed by atoms with van der Waals surface area (Å²) in [6.07, 6.45) is 50.4. The van der Waals surface area contributed by atoms with Crippen LogP contribution in [0.15, 0.2) is 12.2 Å². The molecule has 0 aliphatic heterocycles. The molecule has 0 rings (SSSR count). The third-order valence-corrected chi connectivity index (χ3v) is 8.97. The molecule has 0 aromatic carbocycles. The molecule has 0 amide bonds. The maximum Gasteiger partial charge on any atom is 0.330 e. The van der Waals surface area contributed by atoms with Gasteiger partial charge in [0.15, 0.2) is 0 Å². The fraction of sp³-hybridized carbons (Fsp3) is 0.925. The lowest BCUT2D eigenvalue weighted by Gasteiger charge is -2.04. The molecule has 0 bridgehead atoms. The zero-order valence-electron chi connectivity index (χ0n) is 29.2. The number of carbonyl (C=O) groups is 1. The van der Waals surface area contributed by atoms with Crippen molar-refractivity contribution in [2.75, 3.05) is 6.61 Å². The first-order valence-electron chi connectivity index (χ1n) is 19.6. The van der Waals surface area contributed by atoms with Crippen molar-refractivity contribution >= 4 is 5.97 Å². The summed E-state index contributed by atoms with van der Waals surface area (Å²) in [6, 6.07) is 0. The molecule has 42 heavy (non-hydrogen) atoms. The largest absolute Gasteiger partial charge is 0.463 e. The highest BCUT2D eigenvalue weighted by atomic mass is 16.5. The normalized spacial score (nSPS) is 11.6. The van der Waals surface area contributed by atoms with Gasteiger partial charge in [0.2, 0.25) is 0 Å². The minimum atomic E-state index is -0.150. The zero-order chi connectivity index (χ0) is 30.4. The van der Waals surface area contributed by atoms with E-state index in [-0.39, 0.29) is 5.97 Å². The van der Waals surface area contributed by atoms with E-state index in [9.17, 15) is 4.79 Å². The fourth-order valence-corrected chi connectivity index (χ4v) is 6.04. The van der Waals surface area contributed by atoms with E-state index in [0.29, 0.717) is 6.61 Å². The van der Waals surface area contributed by atoms with E-state index in [0.717, 1.165) is 12.8 Å². The van der Waals surface area contributed by atoms with Gasteiger partial charge in [-0.3, -0.25) is 0 Å². The van der Waals surface area contributed by atoms with Crippen molar-refractivity contribution in [2.24, 2.45) is 0 Å². The first-order chi connectivity index (χ1) is 20.8. The highest BCUT2D eigenvalue weighted by molar-refractivity contribution is 5.81. The predicted molar refractivity (Wildman–Crippen MR) is 188 cm³/mol. The van der Waals surface area contributed by atoms with Gasteiger partial charge in [-0.2, -0.15) is 0 Å². The molecule has 0 spiro atoms. The van der Waals surface area contributed by atoms with Gasteiger partial charge in [0.25, 0.3) is 0 Å².